The van der Waals surface area contributed by atoms with Gasteiger partial charge in [0.05, 0.1) is 12.7 Å². The summed E-state index contributed by atoms with van der Waals surface area (Å²) in [7, 11) is 3.60. The van der Waals surface area contributed by atoms with Crippen LogP contribution >= 0.6 is 0 Å². The summed E-state index contributed by atoms with van der Waals surface area (Å²) in [4.78, 5) is 17.4. The molecule has 1 aliphatic rings. The van der Waals surface area contributed by atoms with Gasteiger partial charge in [-0.1, -0.05) is 45.9 Å². The topological polar surface area (TPSA) is 56.1 Å². The molecule has 0 bridgehead atoms. The zero-order valence-corrected chi connectivity index (χ0v) is 22.6. The first-order valence-electron chi connectivity index (χ1n) is 13.0. The number of aryl methyl sites for hydroxylation is 2. The molecular weight excluding hydrogens is 434 g/mol. The second-order valence-corrected chi connectivity index (χ2v) is 8.61. The molecule has 0 saturated heterocycles. The van der Waals surface area contributed by atoms with E-state index in [9.17, 15) is 4.79 Å². The standard InChI is InChI=1S/C26H31N3O2.2C2H6/c1-18-14-21(12-13-27-18)20-10-8-19(9-11-20)15-28-26(30)24-17-29(2)16-23(24)22-6-4-5-7-25(22)31-3;2*1-2/h4-7,12-14,16-17,19-20H,8-11,15H2,1-3H3,(H,28,30);2*1-2H3. The van der Waals surface area contributed by atoms with Gasteiger partial charge in [-0.2, -0.15) is 0 Å². The van der Waals surface area contributed by atoms with Crippen molar-refractivity contribution in [3.63, 3.8) is 0 Å². The molecule has 2 aromatic heterocycles. The molecule has 0 radical (unpaired) electrons. The third-order valence-electron chi connectivity index (χ3n) is 6.39. The van der Waals surface area contributed by atoms with Gasteiger partial charge in [-0.05, 0) is 68.2 Å². The van der Waals surface area contributed by atoms with Crippen molar-refractivity contribution in [2.75, 3.05) is 13.7 Å². The summed E-state index contributed by atoms with van der Waals surface area (Å²) in [5.41, 5.74) is 5.01. The SMILES string of the molecule is CC.CC.COc1ccccc1-c1cn(C)cc1C(=O)NCC1CCC(c2ccnc(C)c2)CC1. The molecule has 35 heavy (non-hydrogen) atoms. The number of carbonyl (C=O) groups excluding carboxylic acids is 1. The highest BCUT2D eigenvalue weighted by Crippen LogP contribution is 2.36. The molecule has 0 aliphatic heterocycles. The van der Waals surface area contributed by atoms with E-state index >= 15 is 0 Å². The normalized spacial score (nSPS) is 16.8. The Bertz CT molecular complexity index is 1050. The lowest BCUT2D eigenvalue weighted by Gasteiger charge is -2.29. The number of aromatic nitrogens is 2. The minimum absolute atomic E-state index is 0.0200. The van der Waals surface area contributed by atoms with E-state index in [0.717, 1.165) is 42.0 Å². The zero-order valence-electron chi connectivity index (χ0n) is 22.6. The average Bonchev–Trinajstić information content (AvgIpc) is 3.31. The molecule has 5 nitrogen and oxygen atoms in total. The first-order chi connectivity index (χ1) is 17.0. The molecule has 1 aromatic carbocycles. The van der Waals surface area contributed by atoms with Gasteiger partial charge in [0.15, 0.2) is 0 Å². The second-order valence-electron chi connectivity index (χ2n) is 8.61. The van der Waals surface area contributed by atoms with E-state index in [1.807, 2.05) is 89.1 Å². The molecule has 1 fully saturated rings. The van der Waals surface area contributed by atoms with Crippen molar-refractivity contribution in [3.8, 4) is 16.9 Å². The van der Waals surface area contributed by atoms with Gasteiger partial charge >= 0.3 is 0 Å². The molecule has 2 heterocycles. The number of benzene rings is 1. The van der Waals surface area contributed by atoms with Crippen molar-refractivity contribution in [1.82, 2.24) is 14.9 Å². The third kappa shape index (κ3) is 7.45. The number of hydrogen-bond acceptors (Lipinski definition) is 3. The van der Waals surface area contributed by atoms with Gasteiger partial charge in [-0.25, -0.2) is 0 Å². The third-order valence-corrected chi connectivity index (χ3v) is 6.39. The molecule has 3 aromatic rings. The highest BCUT2D eigenvalue weighted by Gasteiger charge is 2.24. The average molecular weight is 478 g/mol. The summed E-state index contributed by atoms with van der Waals surface area (Å²) in [6, 6.07) is 12.2. The van der Waals surface area contributed by atoms with Crippen LogP contribution in [0.1, 0.15) is 80.9 Å². The number of para-hydroxylation sites is 1. The van der Waals surface area contributed by atoms with Crippen molar-refractivity contribution in [3.05, 3.63) is 71.8 Å². The van der Waals surface area contributed by atoms with Crippen molar-refractivity contribution in [1.29, 1.82) is 0 Å². The van der Waals surface area contributed by atoms with Crippen molar-refractivity contribution in [2.24, 2.45) is 13.0 Å². The summed E-state index contributed by atoms with van der Waals surface area (Å²) in [5.74, 6) is 1.89. The van der Waals surface area contributed by atoms with Crippen LogP contribution in [0.15, 0.2) is 55.0 Å². The number of nitrogens with one attached hydrogen (secondary N) is 1. The predicted octanol–water partition coefficient (Wildman–Crippen LogP) is 7.16. The number of ether oxygens (including phenoxy) is 1. The summed E-state index contributed by atoms with van der Waals surface area (Å²) in [6.07, 6.45) is 10.4. The maximum absolute atomic E-state index is 13.0. The van der Waals surface area contributed by atoms with E-state index in [1.54, 1.807) is 7.11 Å². The first-order valence-corrected chi connectivity index (χ1v) is 13.0. The summed E-state index contributed by atoms with van der Waals surface area (Å²) >= 11 is 0. The van der Waals surface area contributed by atoms with E-state index in [0.29, 0.717) is 17.4 Å². The Labute approximate surface area is 211 Å². The Hall–Kier alpha value is -3.08. The van der Waals surface area contributed by atoms with Gasteiger partial charge in [0.2, 0.25) is 0 Å². The van der Waals surface area contributed by atoms with E-state index in [1.165, 1.54) is 18.4 Å². The number of hydrogen-bond donors (Lipinski definition) is 1. The van der Waals surface area contributed by atoms with Crippen LogP contribution < -0.4 is 10.1 Å². The van der Waals surface area contributed by atoms with E-state index in [2.05, 4.69) is 22.4 Å². The van der Waals surface area contributed by atoms with Crippen LogP contribution in [0.5, 0.6) is 5.75 Å². The largest absolute Gasteiger partial charge is 0.496 e. The fourth-order valence-electron chi connectivity index (χ4n) is 4.70. The Balaban J connectivity index is 0.00000103. The van der Waals surface area contributed by atoms with Crippen molar-refractivity contribution >= 4 is 5.91 Å². The Morgan fingerprint density at radius 3 is 2.37 bits per heavy atom. The van der Waals surface area contributed by atoms with Gasteiger partial charge in [0.25, 0.3) is 5.91 Å². The molecule has 4 rings (SSSR count). The minimum Gasteiger partial charge on any atom is -0.496 e. The lowest BCUT2D eigenvalue weighted by atomic mass is 9.79. The first kappa shape index (κ1) is 28.2. The molecule has 1 amide bonds. The van der Waals surface area contributed by atoms with Crippen molar-refractivity contribution < 1.29 is 9.53 Å². The van der Waals surface area contributed by atoms with Gasteiger partial charge in [0, 0.05) is 49.0 Å². The van der Waals surface area contributed by atoms with Crippen LogP contribution in [-0.4, -0.2) is 29.1 Å². The zero-order chi connectivity index (χ0) is 25.8. The summed E-state index contributed by atoms with van der Waals surface area (Å²) in [6.45, 7) is 10.8. The lowest BCUT2D eigenvalue weighted by Crippen LogP contribution is -2.31. The molecule has 0 unspecified atom stereocenters. The predicted molar refractivity (Wildman–Crippen MR) is 146 cm³/mol. The number of methoxy groups -OCH3 is 1. The van der Waals surface area contributed by atoms with Crippen LogP contribution in [0.2, 0.25) is 0 Å². The maximum atomic E-state index is 13.0. The fourth-order valence-corrected chi connectivity index (χ4v) is 4.70. The van der Waals surface area contributed by atoms with Gasteiger partial charge in [-0.15, -0.1) is 0 Å². The van der Waals surface area contributed by atoms with Crippen LogP contribution in [0.3, 0.4) is 0 Å². The Morgan fingerprint density at radius 1 is 1.03 bits per heavy atom. The second kappa shape index (κ2) is 14.3. The van der Waals surface area contributed by atoms with Crippen LogP contribution in [-0.2, 0) is 7.05 Å². The lowest BCUT2D eigenvalue weighted by molar-refractivity contribution is 0.0943. The Kier molecular flexibility index (Phi) is 11.5. The molecular formula is C30H43N3O2. The Morgan fingerprint density at radius 2 is 1.71 bits per heavy atom. The van der Waals surface area contributed by atoms with Gasteiger partial charge in [-0.3, -0.25) is 9.78 Å². The highest BCUT2D eigenvalue weighted by molar-refractivity contribution is 6.01. The molecule has 0 atom stereocenters. The summed E-state index contributed by atoms with van der Waals surface area (Å²) in [5, 5.41) is 3.19. The molecule has 1 N–H and O–H groups in total. The van der Waals surface area contributed by atoms with Crippen molar-refractivity contribution in [2.45, 2.75) is 66.2 Å². The van der Waals surface area contributed by atoms with Gasteiger partial charge in [0.1, 0.15) is 5.75 Å². The molecule has 0 spiro atoms. The molecule has 190 valence electrons. The van der Waals surface area contributed by atoms with E-state index in [4.69, 9.17) is 4.74 Å². The number of nitrogens with zero attached hydrogens (tertiary/aromatic N) is 2. The highest BCUT2D eigenvalue weighted by atomic mass is 16.5. The molecule has 1 aliphatic carbocycles. The number of pyridine rings is 1. The van der Waals surface area contributed by atoms with Gasteiger partial charge < -0.3 is 14.6 Å². The monoisotopic (exact) mass is 477 g/mol. The molecule has 1 saturated carbocycles. The van der Waals surface area contributed by atoms with Crippen LogP contribution in [0.4, 0.5) is 0 Å². The quantitative estimate of drug-likeness (QED) is 0.410. The van der Waals surface area contributed by atoms with E-state index in [-0.39, 0.29) is 5.91 Å². The van der Waals surface area contributed by atoms with Crippen LogP contribution in [0.25, 0.3) is 11.1 Å². The molecule has 5 heteroatoms. The summed E-state index contributed by atoms with van der Waals surface area (Å²) < 4.78 is 7.44. The van der Waals surface area contributed by atoms with E-state index < -0.39 is 0 Å². The minimum atomic E-state index is -0.0200. The number of amides is 1. The smallest absolute Gasteiger partial charge is 0.253 e. The van der Waals surface area contributed by atoms with Crippen LogP contribution in [0, 0.1) is 12.8 Å². The number of rotatable bonds is 6. The maximum Gasteiger partial charge on any atom is 0.253 e. The fraction of sp³-hybridized carbons (Fsp3) is 0.467. The number of carbonyl (C=O) groups is 1.